The van der Waals surface area contributed by atoms with Crippen molar-refractivity contribution in [3.8, 4) is 0 Å². The Morgan fingerprint density at radius 1 is 1.23 bits per heavy atom. The van der Waals surface area contributed by atoms with Gasteiger partial charge in [0.05, 0.1) is 0 Å². The number of rotatable bonds is 5. The zero-order chi connectivity index (χ0) is 15.4. The molecule has 4 nitrogen and oxygen atoms in total. The van der Waals surface area contributed by atoms with Crippen LogP contribution in [-0.4, -0.2) is 16.5 Å². The van der Waals surface area contributed by atoms with Gasteiger partial charge in [0, 0.05) is 41.6 Å². The van der Waals surface area contributed by atoms with Gasteiger partial charge in [-0.2, -0.15) is 0 Å². The molecule has 0 aliphatic carbocycles. The second kappa shape index (κ2) is 6.49. The quantitative estimate of drug-likeness (QED) is 0.711. The maximum Gasteiger partial charge on any atom is 0.189 e. The minimum absolute atomic E-state index is 0.169. The summed E-state index contributed by atoms with van der Waals surface area (Å²) in [6, 6.07) is 9.64. The Balaban J connectivity index is 1.64. The van der Waals surface area contributed by atoms with E-state index in [2.05, 4.69) is 15.3 Å². The van der Waals surface area contributed by atoms with Crippen LogP contribution in [0.1, 0.15) is 11.3 Å². The summed E-state index contributed by atoms with van der Waals surface area (Å²) in [5, 5.41) is 3.66. The summed E-state index contributed by atoms with van der Waals surface area (Å²) in [6.07, 6.45) is 4.46. The van der Waals surface area contributed by atoms with Gasteiger partial charge in [-0.05, 0) is 42.8 Å². The molecule has 0 unspecified atom stereocenters. The topological polar surface area (TPSA) is 57.8 Å². The standard InChI is InChI=1S/C17H16FN3O/c18-13-3-4-16-15(8-13)17(22)9-14(21-16)11-20-7-5-12-2-1-6-19-10-12/h1-4,6,8-10,20H,5,7,11H2,(H,21,22). The molecule has 0 saturated carbocycles. The molecule has 0 amide bonds. The predicted octanol–water partition coefficient (Wildman–Crippen LogP) is 2.39. The molecule has 112 valence electrons. The number of aromatic amines is 1. The van der Waals surface area contributed by atoms with Crippen molar-refractivity contribution in [3.63, 3.8) is 0 Å². The van der Waals surface area contributed by atoms with E-state index in [9.17, 15) is 9.18 Å². The van der Waals surface area contributed by atoms with Crippen molar-refractivity contribution >= 4 is 10.9 Å². The molecule has 0 spiro atoms. The second-order valence-electron chi connectivity index (χ2n) is 5.14. The Morgan fingerprint density at radius 2 is 2.14 bits per heavy atom. The largest absolute Gasteiger partial charge is 0.357 e. The van der Waals surface area contributed by atoms with Gasteiger partial charge in [-0.3, -0.25) is 9.78 Å². The number of benzene rings is 1. The molecule has 5 heteroatoms. The van der Waals surface area contributed by atoms with Crippen molar-refractivity contribution in [1.82, 2.24) is 15.3 Å². The molecule has 0 aliphatic heterocycles. The SMILES string of the molecule is O=c1cc(CNCCc2cccnc2)[nH]c2ccc(F)cc12. The lowest BCUT2D eigenvalue weighted by molar-refractivity contribution is 0.629. The Labute approximate surface area is 127 Å². The third-order valence-electron chi connectivity index (χ3n) is 3.48. The maximum atomic E-state index is 13.2. The monoisotopic (exact) mass is 297 g/mol. The number of fused-ring (bicyclic) bond motifs is 1. The van der Waals surface area contributed by atoms with Gasteiger partial charge >= 0.3 is 0 Å². The van der Waals surface area contributed by atoms with Crippen LogP contribution in [0.3, 0.4) is 0 Å². The number of halogens is 1. The van der Waals surface area contributed by atoms with Gasteiger partial charge in [0.1, 0.15) is 5.82 Å². The minimum atomic E-state index is -0.402. The van der Waals surface area contributed by atoms with E-state index in [0.29, 0.717) is 17.4 Å². The first-order valence-electron chi connectivity index (χ1n) is 7.13. The Bertz CT molecular complexity index is 830. The molecular formula is C17H16FN3O. The average molecular weight is 297 g/mol. The third kappa shape index (κ3) is 3.38. The van der Waals surface area contributed by atoms with Crippen LogP contribution in [0.15, 0.2) is 53.6 Å². The van der Waals surface area contributed by atoms with Crippen LogP contribution in [0.25, 0.3) is 10.9 Å². The predicted molar refractivity (Wildman–Crippen MR) is 84.2 cm³/mol. The highest BCUT2D eigenvalue weighted by molar-refractivity contribution is 5.78. The van der Waals surface area contributed by atoms with E-state index in [4.69, 9.17) is 0 Å². The average Bonchev–Trinajstić information content (AvgIpc) is 2.53. The number of H-pyrrole nitrogens is 1. The first kappa shape index (κ1) is 14.4. The van der Waals surface area contributed by atoms with E-state index in [1.807, 2.05) is 18.3 Å². The third-order valence-corrected chi connectivity index (χ3v) is 3.48. The number of nitrogens with one attached hydrogen (secondary N) is 2. The summed E-state index contributed by atoms with van der Waals surface area (Å²) in [4.78, 5) is 19.2. The lowest BCUT2D eigenvalue weighted by Crippen LogP contribution is -2.19. The van der Waals surface area contributed by atoms with E-state index >= 15 is 0 Å². The summed E-state index contributed by atoms with van der Waals surface area (Å²) in [5.41, 5.74) is 2.43. The van der Waals surface area contributed by atoms with Crippen molar-refractivity contribution in [3.05, 3.63) is 76.1 Å². The molecule has 2 N–H and O–H groups in total. The molecule has 0 atom stereocenters. The summed E-state index contributed by atoms with van der Waals surface area (Å²) in [7, 11) is 0. The van der Waals surface area contributed by atoms with Gasteiger partial charge in [0.2, 0.25) is 0 Å². The molecule has 1 aromatic carbocycles. The van der Waals surface area contributed by atoms with E-state index in [1.54, 1.807) is 12.3 Å². The fraction of sp³-hybridized carbons (Fsp3) is 0.176. The van der Waals surface area contributed by atoms with E-state index in [-0.39, 0.29) is 5.43 Å². The highest BCUT2D eigenvalue weighted by Crippen LogP contribution is 2.10. The molecule has 0 aliphatic rings. The molecule has 3 rings (SSSR count). The van der Waals surface area contributed by atoms with Gasteiger partial charge in [-0.15, -0.1) is 0 Å². The number of hydrogen-bond donors (Lipinski definition) is 2. The van der Waals surface area contributed by atoms with Gasteiger partial charge in [-0.1, -0.05) is 6.07 Å². The maximum absolute atomic E-state index is 13.2. The fourth-order valence-corrected chi connectivity index (χ4v) is 2.37. The lowest BCUT2D eigenvalue weighted by atomic mass is 10.2. The number of aromatic nitrogens is 2. The Kier molecular flexibility index (Phi) is 4.25. The molecule has 0 saturated heterocycles. The number of hydrogen-bond acceptors (Lipinski definition) is 3. The van der Waals surface area contributed by atoms with Crippen LogP contribution in [0.4, 0.5) is 4.39 Å². The van der Waals surface area contributed by atoms with Crippen LogP contribution in [-0.2, 0) is 13.0 Å². The molecular weight excluding hydrogens is 281 g/mol. The van der Waals surface area contributed by atoms with Gasteiger partial charge in [0.15, 0.2) is 5.43 Å². The van der Waals surface area contributed by atoms with Crippen molar-refractivity contribution in [2.75, 3.05) is 6.54 Å². The summed E-state index contributed by atoms with van der Waals surface area (Å²) in [6.45, 7) is 1.35. The van der Waals surface area contributed by atoms with E-state index in [1.165, 1.54) is 18.2 Å². The van der Waals surface area contributed by atoms with Gasteiger partial charge in [-0.25, -0.2) is 4.39 Å². The van der Waals surface area contributed by atoms with Crippen molar-refractivity contribution in [2.45, 2.75) is 13.0 Å². The summed E-state index contributed by atoms with van der Waals surface area (Å²) in [5.74, 6) is -0.402. The number of pyridine rings is 2. The first-order valence-corrected chi connectivity index (χ1v) is 7.13. The first-order chi connectivity index (χ1) is 10.7. The van der Waals surface area contributed by atoms with E-state index in [0.717, 1.165) is 24.2 Å². The lowest BCUT2D eigenvalue weighted by Gasteiger charge is -2.07. The normalized spacial score (nSPS) is 11.0. The molecule has 0 bridgehead atoms. The summed E-state index contributed by atoms with van der Waals surface area (Å²) >= 11 is 0. The van der Waals surface area contributed by atoms with Crippen LogP contribution >= 0.6 is 0 Å². The zero-order valence-electron chi connectivity index (χ0n) is 12.0. The zero-order valence-corrected chi connectivity index (χ0v) is 12.0. The van der Waals surface area contributed by atoms with Crippen LogP contribution in [0, 0.1) is 5.82 Å². The Hall–Kier alpha value is -2.53. The smallest absolute Gasteiger partial charge is 0.189 e. The molecule has 2 aromatic heterocycles. The van der Waals surface area contributed by atoms with Crippen molar-refractivity contribution in [2.24, 2.45) is 0 Å². The number of nitrogens with zero attached hydrogens (tertiary/aromatic N) is 1. The molecule has 3 aromatic rings. The highest BCUT2D eigenvalue weighted by atomic mass is 19.1. The van der Waals surface area contributed by atoms with Gasteiger partial charge in [0.25, 0.3) is 0 Å². The second-order valence-corrected chi connectivity index (χ2v) is 5.14. The van der Waals surface area contributed by atoms with Crippen LogP contribution in [0.5, 0.6) is 0 Å². The van der Waals surface area contributed by atoms with Crippen LogP contribution < -0.4 is 10.7 Å². The summed E-state index contributed by atoms with van der Waals surface area (Å²) < 4.78 is 13.2. The molecule has 2 heterocycles. The van der Waals surface area contributed by atoms with Crippen molar-refractivity contribution in [1.29, 1.82) is 0 Å². The molecule has 0 fully saturated rings. The van der Waals surface area contributed by atoms with E-state index < -0.39 is 5.82 Å². The highest BCUT2D eigenvalue weighted by Gasteiger charge is 2.03. The molecule has 22 heavy (non-hydrogen) atoms. The van der Waals surface area contributed by atoms with Gasteiger partial charge < -0.3 is 10.3 Å². The Morgan fingerprint density at radius 3 is 2.95 bits per heavy atom. The van der Waals surface area contributed by atoms with Crippen molar-refractivity contribution < 1.29 is 4.39 Å². The van der Waals surface area contributed by atoms with Crippen LogP contribution in [0.2, 0.25) is 0 Å². The minimum Gasteiger partial charge on any atom is -0.357 e. The molecule has 0 radical (unpaired) electrons. The fourth-order valence-electron chi connectivity index (χ4n) is 2.37.